The highest BCUT2D eigenvalue weighted by atomic mass is 19.4. The van der Waals surface area contributed by atoms with Gasteiger partial charge in [0, 0.05) is 25.0 Å². The molecule has 1 aromatic carbocycles. The maximum absolute atomic E-state index is 12.8. The molecule has 1 unspecified atom stereocenters. The molecule has 0 aliphatic carbocycles. The second kappa shape index (κ2) is 10.2. The van der Waals surface area contributed by atoms with Gasteiger partial charge in [-0.2, -0.15) is 13.2 Å². The maximum atomic E-state index is 12.8. The smallest absolute Gasteiger partial charge is 0.384 e. The van der Waals surface area contributed by atoms with Gasteiger partial charge in [0.2, 0.25) is 5.43 Å². The van der Waals surface area contributed by atoms with E-state index in [-0.39, 0.29) is 29.8 Å². The largest absolute Gasteiger partial charge is 0.391 e. The molecule has 2 aliphatic rings. The lowest BCUT2D eigenvalue weighted by Gasteiger charge is -2.32. The van der Waals surface area contributed by atoms with Gasteiger partial charge in [0.05, 0.1) is 11.5 Å². The summed E-state index contributed by atoms with van der Waals surface area (Å²) >= 11 is 0. The second-order valence-electron chi connectivity index (χ2n) is 9.03. The van der Waals surface area contributed by atoms with Crippen molar-refractivity contribution in [3.8, 4) is 0 Å². The number of pyridine rings is 1. The molecule has 2 aliphatic heterocycles. The summed E-state index contributed by atoms with van der Waals surface area (Å²) in [6.45, 7) is 3.88. The van der Waals surface area contributed by atoms with Crippen LogP contribution in [0.3, 0.4) is 0 Å². The van der Waals surface area contributed by atoms with Gasteiger partial charge in [-0.15, -0.1) is 0 Å². The van der Waals surface area contributed by atoms with E-state index in [0.29, 0.717) is 32.0 Å². The molecule has 6 N–H and O–H groups in total. The van der Waals surface area contributed by atoms with Crippen LogP contribution in [0.25, 0.3) is 0 Å². The number of carbonyl (C=O) groups is 1. The zero-order valence-corrected chi connectivity index (χ0v) is 19.9. The average molecular weight is 506 g/mol. The van der Waals surface area contributed by atoms with E-state index in [0.717, 1.165) is 17.7 Å². The first kappa shape index (κ1) is 25.5. The number of primary amides is 1. The van der Waals surface area contributed by atoms with E-state index in [1.165, 1.54) is 6.21 Å². The lowest BCUT2D eigenvalue weighted by molar-refractivity contribution is -0.185. The standard InChI is InChI=1S/C24H30F3N7O2/c1-2-34-20(28)18(21(29)36)19(35)17-13-30-23(32-22(17)34)31-16-5-3-14(4-6-16)7-10-33-11-8-15(9-12-33)24(25,26)27/h3-6,13,15,23,31-32H,2,7-12,28H2,1H3,(H2,29,36). The van der Waals surface area contributed by atoms with Crippen LogP contribution < -0.4 is 27.5 Å². The third-order valence-corrected chi connectivity index (χ3v) is 6.76. The number of amides is 1. The number of hydrogen-bond donors (Lipinski definition) is 4. The molecule has 36 heavy (non-hydrogen) atoms. The first-order valence-electron chi connectivity index (χ1n) is 11.9. The molecule has 1 amide bonds. The van der Waals surface area contributed by atoms with Gasteiger partial charge in [-0.25, -0.2) is 4.99 Å². The van der Waals surface area contributed by atoms with E-state index in [1.54, 1.807) is 4.57 Å². The number of nitrogens with zero attached hydrogens (tertiary/aromatic N) is 3. The molecular weight excluding hydrogens is 475 g/mol. The SMILES string of the molecule is CCn1c(N)c(C(N)=O)c(=O)c2c1NC(Nc1ccc(CCN3CCC(C(F)(F)F)CC3)cc1)N=C2. The molecular formula is C24H30F3N7O2. The van der Waals surface area contributed by atoms with Crippen LogP contribution in [0.1, 0.15) is 41.3 Å². The van der Waals surface area contributed by atoms with Crippen molar-refractivity contribution in [3.05, 3.63) is 51.2 Å². The second-order valence-corrected chi connectivity index (χ2v) is 9.03. The number of anilines is 3. The highest BCUT2D eigenvalue weighted by molar-refractivity contribution is 6.01. The number of aliphatic imine (C=N–C) groups is 1. The number of fused-ring (bicyclic) bond motifs is 1. The minimum atomic E-state index is -4.10. The first-order chi connectivity index (χ1) is 17.1. The summed E-state index contributed by atoms with van der Waals surface area (Å²) in [7, 11) is 0. The number of nitrogens with one attached hydrogen (secondary N) is 2. The predicted molar refractivity (Wildman–Crippen MR) is 133 cm³/mol. The fourth-order valence-corrected chi connectivity index (χ4v) is 4.69. The van der Waals surface area contributed by atoms with E-state index >= 15 is 0 Å². The highest BCUT2D eigenvalue weighted by Gasteiger charge is 2.40. The van der Waals surface area contributed by atoms with Crippen molar-refractivity contribution in [2.45, 2.75) is 45.2 Å². The fraction of sp³-hybridized carbons (Fsp3) is 0.458. The van der Waals surface area contributed by atoms with Crippen LogP contribution in [0.5, 0.6) is 0 Å². The van der Waals surface area contributed by atoms with Gasteiger partial charge in [0.25, 0.3) is 5.91 Å². The van der Waals surface area contributed by atoms with Crippen LogP contribution in [-0.2, 0) is 13.0 Å². The molecule has 0 radical (unpaired) electrons. The molecule has 1 aromatic heterocycles. The van der Waals surface area contributed by atoms with Crippen LogP contribution in [0.15, 0.2) is 34.1 Å². The molecule has 3 heterocycles. The Labute approximate surface area is 206 Å². The topological polar surface area (TPSA) is 131 Å². The lowest BCUT2D eigenvalue weighted by Crippen LogP contribution is -2.39. The third kappa shape index (κ3) is 5.32. The zero-order chi connectivity index (χ0) is 26.0. The summed E-state index contributed by atoms with van der Waals surface area (Å²) in [6.07, 6.45) is -2.21. The van der Waals surface area contributed by atoms with Gasteiger partial charge in [0.15, 0.2) is 6.29 Å². The number of rotatable bonds is 7. The molecule has 1 saturated heterocycles. The van der Waals surface area contributed by atoms with Crippen molar-refractivity contribution in [2.75, 3.05) is 36.0 Å². The van der Waals surface area contributed by atoms with Crippen LogP contribution in [0.2, 0.25) is 0 Å². The maximum Gasteiger partial charge on any atom is 0.391 e. The Morgan fingerprint density at radius 2 is 1.89 bits per heavy atom. The number of hydrogen-bond acceptors (Lipinski definition) is 7. The van der Waals surface area contributed by atoms with Crippen molar-refractivity contribution in [1.29, 1.82) is 0 Å². The molecule has 0 bridgehead atoms. The van der Waals surface area contributed by atoms with Gasteiger partial charge in [-0.3, -0.25) is 9.59 Å². The van der Waals surface area contributed by atoms with Crippen LogP contribution in [0, 0.1) is 5.92 Å². The molecule has 12 heteroatoms. The van der Waals surface area contributed by atoms with Crippen LogP contribution in [-0.4, -0.2) is 53.7 Å². The van der Waals surface area contributed by atoms with Gasteiger partial charge in [0.1, 0.15) is 17.2 Å². The fourth-order valence-electron chi connectivity index (χ4n) is 4.69. The minimum absolute atomic E-state index is 0.00212. The summed E-state index contributed by atoms with van der Waals surface area (Å²) in [4.78, 5) is 30.8. The number of likely N-dealkylation sites (tertiary alicyclic amines) is 1. The predicted octanol–water partition coefficient (Wildman–Crippen LogP) is 2.61. The Kier molecular flexibility index (Phi) is 7.25. The molecule has 194 valence electrons. The number of benzene rings is 1. The first-order valence-corrected chi connectivity index (χ1v) is 11.9. The van der Waals surface area contributed by atoms with Crippen molar-refractivity contribution in [1.82, 2.24) is 9.47 Å². The Balaban J connectivity index is 1.36. The molecule has 0 spiro atoms. The molecule has 1 fully saturated rings. The molecule has 2 aromatic rings. The summed E-state index contributed by atoms with van der Waals surface area (Å²) in [5, 5.41) is 6.37. The number of alkyl halides is 3. The van der Waals surface area contributed by atoms with E-state index in [9.17, 15) is 22.8 Å². The van der Waals surface area contributed by atoms with Gasteiger partial charge < -0.3 is 31.6 Å². The van der Waals surface area contributed by atoms with Gasteiger partial charge in [-0.05, 0) is 57.0 Å². The molecule has 4 rings (SSSR count). The lowest BCUT2D eigenvalue weighted by atomic mass is 9.96. The van der Waals surface area contributed by atoms with E-state index < -0.39 is 29.7 Å². The quantitative estimate of drug-likeness (QED) is 0.458. The van der Waals surface area contributed by atoms with Crippen molar-refractivity contribution >= 4 is 29.4 Å². The number of carbonyl (C=O) groups excluding carboxylic acids is 1. The Hall–Kier alpha value is -3.54. The number of halogens is 3. The van der Waals surface area contributed by atoms with Gasteiger partial charge in [-0.1, -0.05) is 12.1 Å². The Bertz CT molecular complexity index is 1200. The number of nitrogens with two attached hydrogens (primary N) is 2. The van der Waals surface area contributed by atoms with Crippen LogP contribution >= 0.6 is 0 Å². The Morgan fingerprint density at radius 3 is 2.47 bits per heavy atom. The minimum Gasteiger partial charge on any atom is -0.384 e. The average Bonchev–Trinajstić information content (AvgIpc) is 2.83. The Morgan fingerprint density at radius 1 is 1.22 bits per heavy atom. The summed E-state index contributed by atoms with van der Waals surface area (Å²) in [5.41, 5.74) is 12.7. The van der Waals surface area contributed by atoms with Gasteiger partial charge >= 0.3 is 6.18 Å². The highest BCUT2D eigenvalue weighted by Crippen LogP contribution is 2.34. The normalized spacial score (nSPS) is 18.5. The third-order valence-electron chi connectivity index (χ3n) is 6.76. The molecule has 9 nitrogen and oxygen atoms in total. The zero-order valence-electron chi connectivity index (χ0n) is 19.9. The number of nitrogen functional groups attached to an aromatic ring is 1. The monoisotopic (exact) mass is 505 g/mol. The van der Waals surface area contributed by atoms with E-state index in [2.05, 4.69) is 20.5 Å². The van der Waals surface area contributed by atoms with Crippen molar-refractivity contribution in [2.24, 2.45) is 16.6 Å². The van der Waals surface area contributed by atoms with Crippen molar-refractivity contribution < 1.29 is 18.0 Å². The molecule has 1 atom stereocenters. The summed E-state index contributed by atoms with van der Waals surface area (Å²) in [5.74, 6) is -1.62. The van der Waals surface area contributed by atoms with Crippen LogP contribution in [0.4, 0.5) is 30.5 Å². The molecule has 0 saturated carbocycles. The number of aromatic nitrogens is 1. The van der Waals surface area contributed by atoms with E-state index in [1.807, 2.05) is 31.2 Å². The summed E-state index contributed by atoms with van der Waals surface area (Å²) in [6, 6.07) is 7.72. The van der Waals surface area contributed by atoms with E-state index in [4.69, 9.17) is 11.5 Å². The summed E-state index contributed by atoms with van der Waals surface area (Å²) < 4.78 is 40.1. The number of piperidine rings is 1. The van der Waals surface area contributed by atoms with Crippen molar-refractivity contribution in [3.63, 3.8) is 0 Å².